The van der Waals surface area contributed by atoms with Crippen molar-refractivity contribution in [2.45, 2.75) is 80.8 Å². The molecule has 1 spiro atoms. The second-order valence-corrected chi connectivity index (χ2v) is 12.1. The molecule has 2 N–H and O–H groups in total. The molecule has 0 unspecified atom stereocenters. The van der Waals surface area contributed by atoms with Crippen molar-refractivity contribution in [2.24, 2.45) is 0 Å². The normalized spacial score (nSPS) is 29.7. The Morgan fingerprint density at radius 2 is 2.07 bits per heavy atom. The summed E-state index contributed by atoms with van der Waals surface area (Å²) in [6.45, 7) is 7.77. The number of phenols is 1. The molecule has 6 rings (SSSR count). The molecular weight excluding hydrogens is 545 g/mol. The number of nitrogens with zero attached hydrogens (tertiary/aromatic N) is 2. The van der Waals surface area contributed by atoms with E-state index in [-0.39, 0.29) is 29.3 Å². The molecule has 2 heterocycles. The molecule has 0 radical (unpaired) electrons. The molecular formula is C33H37F3N2O4. The minimum absolute atomic E-state index is 0.0291. The molecule has 2 fully saturated rings. The number of phenolic OH excluding ortho intramolecular Hbond substituents is 1. The SMILES string of the molecule is C=CCN1CC[C@]23c4c5ccc(O)c4O[C@H]2[C@@H](N(CCCC)C(=O)C=Cc2cccc(C(F)(F)F)c2)CC[C@@]3(O)[C@H]1C5. The molecule has 1 amide bonds. The number of amides is 1. The third kappa shape index (κ3) is 4.27. The van der Waals surface area contributed by atoms with Gasteiger partial charge in [0.1, 0.15) is 6.10 Å². The summed E-state index contributed by atoms with van der Waals surface area (Å²) < 4.78 is 46.4. The fourth-order valence-electron chi connectivity index (χ4n) is 8.16. The van der Waals surface area contributed by atoms with Gasteiger partial charge in [0.25, 0.3) is 0 Å². The van der Waals surface area contributed by atoms with Crippen LogP contribution >= 0.6 is 0 Å². The van der Waals surface area contributed by atoms with Crippen molar-refractivity contribution < 1.29 is 32.9 Å². The molecule has 0 aromatic heterocycles. The molecule has 9 heteroatoms. The molecule has 1 saturated carbocycles. The maximum absolute atomic E-state index is 13.8. The van der Waals surface area contributed by atoms with E-state index in [1.165, 1.54) is 24.3 Å². The summed E-state index contributed by atoms with van der Waals surface area (Å²) in [5.41, 5.74) is -0.478. The minimum atomic E-state index is -4.47. The molecule has 1 saturated heterocycles. The van der Waals surface area contributed by atoms with Crippen molar-refractivity contribution in [2.75, 3.05) is 19.6 Å². The van der Waals surface area contributed by atoms with Gasteiger partial charge in [0, 0.05) is 30.8 Å². The van der Waals surface area contributed by atoms with Crippen LogP contribution in [0, 0.1) is 0 Å². The van der Waals surface area contributed by atoms with Crippen LogP contribution in [0.5, 0.6) is 11.5 Å². The van der Waals surface area contributed by atoms with Gasteiger partial charge in [-0.2, -0.15) is 13.2 Å². The van der Waals surface area contributed by atoms with Gasteiger partial charge in [0.2, 0.25) is 5.91 Å². The maximum Gasteiger partial charge on any atom is 0.416 e. The number of halogens is 3. The van der Waals surface area contributed by atoms with E-state index in [9.17, 15) is 28.2 Å². The number of piperidine rings is 1. The predicted molar refractivity (Wildman–Crippen MR) is 153 cm³/mol. The molecule has 2 aliphatic heterocycles. The Labute approximate surface area is 244 Å². The van der Waals surface area contributed by atoms with Crippen LogP contribution in [0.4, 0.5) is 13.2 Å². The Kier molecular flexibility index (Phi) is 7.17. The summed E-state index contributed by atoms with van der Waals surface area (Å²) in [4.78, 5) is 17.9. The first-order chi connectivity index (χ1) is 20.0. The average Bonchev–Trinajstić information content (AvgIpc) is 3.31. The maximum atomic E-state index is 13.8. The second kappa shape index (κ2) is 10.5. The van der Waals surface area contributed by atoms with Crippen LogP contribution in [-0.4, -0.2) is 69.3 Å². The zero-order chi connectivity index (χ0) is 29.9. The Morgan fingerprint density at radius 1 is 1.26 bits per heavy atom. The van der Waals surface area contributed by atoms with Crippen molar-refractivity contribution in [3.63, 3.8) is 0 Å². The molecule has 2 aliphatic carbocycles. The third-order valence-electron chi connectivity index (χ3n) is 9.97. The average molecular weight is 583 g/mol. The highest BCUT2D eigenvalue weighted by Crippen LogP contribution is 2.65. The molecule has 224 valence electrons. The first-order valence-electron chi connectivity index (χ1n) is 14.8. The van der Waals surface area contributed by atoms with Crippen LogP contribution in [0.15, 0.2) is 55.1 Å². The summed E-state index contributed by atoms with van der Waals surface area (Å²) in [6.07, 6.45) is 3.35. The number of unbranched alkanes of at least 4 members (excludes halogenated alkanes) is 1. The number of alkyl halides is 3. The number of hydrogen-bond donors (Lipinski definition) is 2. The summed E-state index contributed by atoms with van der Waals surface area (Å²) >= 11 is 0. The number of benzene rings is 2. The monoisotopic (exact) mass is 582 g/mol. The van der Waals surface area contributed by atoms with Crippen molar-refractivity contribution in [3.05, 3.63) is 77.4 Å². The molecule has 2 bridgehead atoms. The van der Waals surface area contributed by atoms with Crippen LogP contribution in [-0.2, 0) is 22.8 Å². The second-order valence-electron chi connectivity index (χ2n) is 12.1. The van der Waals surface area contributed by atoms with Crippen molar-refractivity contribution in [3.8, 4) is 11.5 Å². The fraction of sp³-hybridized carbons (Fsp3) is 0.485. The quantitative estimate of drug-likeness (QED) is 0.320. The topological polar surface area (TPSA) is 73.2 Å². The molecule has 4 aliphatic rings. The van der Waals surface area contributed by atoms with E-state index in [0.717, 1.165) is 42.6 Å². The molecule has 5 atom stereocenters. The Hall–Kier alpha value is -3.30. The highest BCUT2D eigenvalue weighted by Gasteiger charge is 2.73. The van der Waals surface area contributed by atoms with Gasteiger partial charge in [-0.3, -0.25) is 9.69 Å². The third-order valence-corrected chi connectivity index (χ3v) is 9.97. The van der Waals surface area contributed by atoms with E-state index in [4.69, 9.17) is 4.74 Å². The zero-order valence-electron chi connectivity index (χ0n) is 23.7. The Balaban J connectivity index is 1.38. The number of carbonyl (C=O) groups excluding carboxylic acids is 1. The van der Waals surface area contributed by atoms with Gasteiger partial charge in [-0.15, -0.1) is 6.58 Å². The highest BCUT2D eigenvalue weighted by atomic mass is 19.4. The number of rotatable bonds is 8. The minimum Gasteiger partial charge on any atom is -0.504 e. The Bertz CT molecular complexity index is 1420. The van der Waals surface area contributed by atoms with Gasteiger partial charge < -0.3 is 19.8 Å². The van der Waals surface area contributed by atoms with Gasteiger partial charge in [-0.1, -0.05) is 37.6 Å². The number of carbonyl (C=O) groups is 1. The lowest BCUT2D eigenvalue weighted by atomic mass is 9.48. The van der Waals surface area contributed by atoms with E-state index >= 15 is 0 Å². The lowest BCUT2D eigenvalue weighted by molar-refractivity contribution is -0.199. The number of aliphatic hydroxyl groups is 1. The zero-order valence-corrected chi connectivity index (χ0v) is 23.7. The first kappa shape index (κ1) is 28.8. The fourth-order valence-corrected chi connectivity index (χ4v) is 8.16. The van der Waals surface area contributed by atoms with Crippen LogP contribution in [0.2, 0.25) is 0 Å². The van der Waals surface area contributed by atoms with Crippen LogP contribution in [0.25, 0.3) is 6.08 Å². The number of hydrogen-bond acceptors (Lipinski definition) is 5. The predicted octanol–water partition coefficient (Wildman–Crippen LogP) is 5.46. The van der Waals surface area contributed by atoms with E-state index in [0.29, 0.717) is 44.5 Å². The standard InChI is InChI=1S/C33H37F3N2O4/c1-3-5-17-38(27(40)12-9-21-7-6-8-23(19-21)33(34,35)36)24-13-14-32(41)26-20-22-10-11-25(39)29-28(22)31(32,30(24)42-29)15-18-37(26)16-4-2/h4,6-12,19,24,26,30,39,41H,2-3,5,13-18,20H2,1H3/t24-,26+,30-,31-,32+/m0/s1. The molecule has 6 nitrogen and oxygen atoms in total. The number of likely N-dealkylation sites (tertiary alicyclic amines) is 1. The molecule has 2 aromatic carbocycles. The van der Waals surface area contributed by atoms with Crippen LogP contribution < -0.4 is 4.74 Å². The number of ether oxygens (including phenoxy) is 1. The Morgan fingerprint density at radius 3 is 2.81 bits per heavy atom. The van der Waals surface area contributed by atoms with Crippen LogP contribution in [0.3, 0.4) is 0 Å². The highest BCUT2D eigenvalue weighted by molar-refractivity contribution is 5.92. The van der Waals surface area contributed by atoms with Gasteiger partial charge in [-0.05, 0) is 74.1 Å². The van der Waals surface area contributed by atoms with Gasteiger partial charge >= 0.3 is 6.18 Å². The lowest BCUT2D eigenvalue weighted by Crippen LogP contribution is -2.78. The summed E-state index contributed by atoms with van der Waals surface area (Å²) in [7, 11) is 0. The van der Waals surface area contributed by atoms with E-state index in [1.54, 1.807) is 11.0 Å². The molecule has 2 aromatic rings. The lowest BCUT2D eigenvalue weighted by Gasteiger charge is -2.64. The summed E-state index contributed by atoms with van der Waals surface area (Å²) in [5.74, 6) is 0.121. The van der Waals surface area contributed by atoms with Gasteiger partial charge in [0.15, 0.2) is 11.5 Å². The largest absolute Gasteiger partial charge is 0.504 e. The van der Waals surface area contributed by atoms with Gasteiger partial charge in [0.05, 0.1) is 22.6 Å². The van der Waals surface area contributed by atoms with E-state index in [1.807, 2.05) is 19.1 Å². The first-order valence-corrected chi connectivity index (χ1v) is 14.8. The van der Waals surface area contributed by atoms with E-state index in [2.05, 4.69) is 11.5 Å². The van der Waals surface area contributed by atoms with Crippen molar-refractivity contribution in [1.29, 1.82) is 0 Å². The molecule has 42 heavy (non-hydrogen) atoms. The van der Waals surface area contributed by atoms with E-state index < -0.39 is 28.9 Å². The van der Waals surface area contributed by atoms with Crippen molar-refractivity contribution in [1.82, 2.24) is 9.80 Å². The number of aromatic hydroxyl groups is 1. The van der Waals surface area contributed by atoms with Crippen molar-refractivity contribution >= 4 is 12.0 Å². The summed E-state index contributed by atoms with van der Waals surface area (Å²) in [5, 5.41) is 23.5. The van der Waals surface area contributed by atoms with Gasteiger partial charge in [-0.25, -0.2) is 0 Å². The summed E-state index contributed by atoms with van der Waals surface area (Å²) in [6, 6.07) is 7.93. The van der Waals surface area contributed by atoms with Crippen LogP contribution in [0.1, 0.15) is 61.3 Å². The smallest absolute Gasteiger partial charge is 0.416 e.